The maximum atomic E-state index is 9.29. The van der Waals surface area contributed by atoms with Crippen molar-refractivity contribution in [2.75, 3.05) is 6.54 Å². The Hall–Kier alpha value is -2.31. The first kappa shape index (κ1) is 15.1. The van der Waals surface area contributed by atoms with Crippen molar-refractivity contribution in [2.24, 2.45) is 0 Å². The number of benzene rings is 2. The third-order valence-corrected chi connectivity index (χ3v) is 3.45. The number of hydrogen-bond donors (Lipinski definition) is 1. The molecule has 0 saturated heterocycles. The lowest BCUT2D eigenvalue weighted by Gasteiger charge is -2.11. The van der Waals surface area contributed by atoms with Gasteiger partial charge < -0.3 is 10.1 Å². The molecule has 3 heteroatoms. The minimum atomic E-state index is 0.559. The molecule has 0 fully saturated rings. The molecule has 0 spiro atoms. The molecule has 0 saturated carbocycles. The molecule has 0 aliphatic rings. The summed E-state index contributed by atoms with van der Waals surface area (Å²) >= 11 is 0. The number of nitriles is 1. The van der Waals surface area contributed by atoms with Crippen molar-refractivity contribution in [1.29, 1.82) is 5.26 Å². The number of ether oxygens (including phenoxy) is 1. The van der Waals surface area contributed by atoms with E-state index in [4.69, 9.17) is 4.74 Å². The zero-order valence-electron chi connectivity index (χ0n) is 12.7. The summed E-state index contributed by atoms with van der Waals surface area (Å²) < 4.78 is 5.85. The van der Waals surface area contributed by atoms with Crippen molar-refractivity contribution in [3.8, 4) is 17.6 Å². The Kier molecular flexibility index (Phi) is 4.97. The highest BCUT2D eigenvalue weighted by molar-refractivity contribution is 5.48. The molecule has 0 amide bonds. The summed E-state index contributed by atoms with van der Waals surface area (Å²) in [6.45, 7) is 7.84. The van der Waals surface area contributed by atoms with E-state index in [0.717, 1.165) is 24.4 Å². The first-order valence-electron chi connectivity index (χ1n) is 7.13. The number of hydrogen-bond acceptors (Lipinski definition) is 3. The van der Waals surface area contributed by atoms with Crippen LogP contribution in [-0.4, -0.2) is 6.54 Å². The van der Waals surface area contributed by atoms with Gasteiger partial charge in [-0.15, -0.1) is 0 Å². The van der Waals surface area contributed by atoms with Crippen molar-refractivity contribution >= 4 is 0 Å². The highest BCUT2D eigenvalue weighted by Crippen LogP contribution is 2.27. The second-order valence-corrected chi connectivity index (χ2v) is 5.07. The van der Waals surface area contributed by atoms with Gasteiger partial charge in [-0.2, -0.15) is 5.26 Å². The third kappa shape index (κ3) is 3.84. The van der Waals surface area contributed by atoms with E-state index < -0.39 is 0 Å². The largest absolute Gasteiger partial charge is 0.456 e. The summed E-state index contributed by atoms with van der Waals surface area (Å²) in [7, 11) is 0. The molecule has 0 unspecified atom stereocenters. The van der Waals surface area contributed by atoms with Crippen LogP contribution in [0.1, 0.15) is 29.2 Å². The molecule has 0 aromatic heterocycles. The smallest absolute Gasteiger partial charge is 0.145 e. The fourth-order valence-electron chi connectivity index (χ4n) is 2.04. The van der Waals surface area contributed by atoms with E-state index >= 15 is 0 Å². The van der Waals surface area contributed by atoms with Crippen LogP contribution in [-0.2, 0) is 6.54 Å². The molecule has 2 aromatic rings. The molecular formula is C18H20N2O. The van der Waals surface area contributed by atoms with Crippen LogP contribution in [0.25, 0.3) is 0 Å². The normalized spacial score (nSPS) is 10.2. The van der Waals surface area contributed by atoms with Gasteiger partial charge in [0.25, 0.3) is 0 Å². The third-order valence-electron chi connectivity index (χ3n) is 3.45. The topological polar surface area (TPSA) is 45.0 Å². The Morgan fingerprint density at radius 2 is 1.90 bits per heavy atom. The predicted octanol–water partition coefficient (Wildman–Crippen LogP) is 4.08. The fraction of sp³-hybridized carbons (Fsp3) is 0.278. The summed E-state index contributed by atoms with van der Waals surface area (Å²) in [6, 6.07) is 13.9. The van der Waals surface area contributed by atoms with Gasteiger partial charge in [-0.1, -0.05) is 19.1 Å². The van der Waals surface area contributed by atoms with Crippen LogP contribution in [0.2, 0.25) is 0 Å². The first-order valence-corrected chi connectivity index (χ1v) is 7.13. The van der Waals surface area contributed by atoms with Crippen LogP contribution >= 0.6 is 0 Å². The molecule has 0 aliphatic carbocycles. The van der Waals surface area contributed by atoms with Gasteiger partial charge in [-0.3, -0.25) is 0 Å². The lowest BCUT2D eigenvalue weighted by Crippen LogP contribution is -2.11. The molecule has 1 N–H and O–H groups in total. The van der Waals surface area contributed by atoms with E-state index in [2.05, 4.69) is 25.2 Å². The zero-order chi connectivity index (χ0) is 15.2. The van der Waals surface area contributed by atoms with Gasteiger partial charge >= 0.3 is 0 Å². The lowest BCUT2D eigenvalue weighted by atomic mass is 10.1. The van der Waals surface area contributed by atoms with Gasteiger partial charge in [0.1, 0.15) is 17.6 Å². The summed E-state index contributed by atoms with van der Waals surface area (Å²) in [5.41, 5.74) is 4.04. The summed E-state index contributed by atoms with van der Waals surface area (Å²) in [5, 5.41) is 12.5. The Bertz CT molecular complexity index is 671. The minimum absolute atomic E-state index is 0.559. The van der Waals surface area contributed by atoms with Crippen LogP contribution < -0.4 is 10.1 Å². The Balaban J connectivity index is 2.23. The fourth-order valence-corrected chi connectivity index (χ4v) is 2.04. The van der Waals surface area contributed by atoms with Crippen molar-refractivity contribution < 1.29 is 4.74 Å². The van der Waals surface area contributed by atoms with Gasteiger partial charge in [0.05, 0.1) is 5.56 Å². The maximum absolute atomic E-state index is 9.29. The summed E-state index contributed by atoms with van der Waals surface area (Å²) in [6.07, 6.45) is 0. The number of rotatable bonds is 5. The van der Waals surface area contributed by atoms with Crippen LogP contribution in [0.15, 0.2) is 36.4 Å². The average molecular weight is 280 g/mol. The molecule has 0 aliphatic heterocycles. The summed E-state index contributed by atoms with van der Waals surface area (Å²) in [4.78, 5) is 0. The van der Waals surface area contributed by atoms with Crippen molar-refractivity contribution in [3.05, 3.63) is 58.7 Å². The van der Waals surface area contributed by atoms with Gasteiger partial charge in [0.15, 0.2) is 0 Å². The summed E-state index contributed by atoms with van der Waals surface area (Å²) in [5.74, 6) is 1.36. The maximum Gasteiger partial charge on any atom is 0.145 e. The Labute approximate surface area is 126 Å². The van der Waals surface area contributed by atoms with Crippen LogP contribution in [0.3, 0.4) is 0 Å². The minimum Gasteiger partial charge on any atom is -0.456 e. The second kappa shape index (κ2) is 6.92. The molecule has 0 atom stereocenters. The molecule has 108 valence electrons. The van der Waals surface area contributed by atoms with E-state index in [-0.39, 0.29) is 0 Å². The van der Waals surface area contributed by atoms with E-state index in [9.17, 15) is 5.26 Å². The monoisotopic (exact) mass is 280 g/mol. The molecule has 0 heterocycles. The number of nitrogens with one attached hydrogen (secondary N) is 1. The van der Waals surface area contributed by atoms with Crippen molar-refractivity contribution in [3.63, 3.8) is 0 Å². The van der Waals surface area contributed by atoms with Gasteiger partial charge in [0.2, 0.25) is 0 Å². The lowest BCUT2D eigenvalue weighted by molar-refractivity contribution is 0.480. The molecular weight excluding hydrogens is 260 g/mol. The van der Waals surface area contributed by atoms with E-state index in [1.165, 1.54) is 11.1 Å². The van der Waals surface area contributed by atoms with E-state index in [1.807, 2.05) is 43.3 Å². The van der Waals surface area contributed by atoms with Gasteiger partial charge in [-0.05, 0) is 61.3 Å². The van der Waals surface area contributed by atoms with Gasteiger partial charge in [-0.25, -0.2) is 0 Å². The molecule has 0 bridgehead atoms. The van der Waals surface area contributed by atoms with Crippen LogP contribution in [0, 0.1) is 25.2 Å². The second-order valence-electron chi connectivity index (χ2n) is 5.07. The van der Waals surface area contributed by atoms with Crippen molar-refractivity contribution in [1.82, 2.24) is 5.32 Å². The molecule has 2 aromatic carbocycles. The molecule has 21 heavy (non-hydrogen) atoms. The predicted molar refractivity (Wildman–Crippen MR) is 84.5 cm³/mol. The first-order chi connectivity index (χ1) is 10.1. The molecule has 0 radical (unpaired) electrons. The standard InChI is InChI=1S/C18H20N2O/c1-4-20-12-15-6-8-18(16(10-15)11-19)21-17-7-5-13(2)14(3)9-17/h5-10,20H,4,12H2,1-3H3. The molecule has 3 nitrogen and oxygen atoms in total. The van der Waals surface area contributed by atoms with Crippen molar-refractivity contribution in [2.45, 2.75) is 27.3 Å². The quantitative estimate of drug-likeness (QED) is 0.897. The number of aryl methyl sites for hydroxylation is 2. The highest BCUT2D eigenvalue weighted by Gasteiger charge is 2.07. The van der Waals surface area contributed by atoms with Gasteiger partial charge in [0, 0.05) is 6.54 Å². The SMILES string of the molecule is CCNCc1ccc(Oc2ccc(C)c(C)c2)c(C#N)c1. The van der Waals surface area contributed by atoms with Crippen LogP contribution in [0.5, 0.6) is 11.5 Å². The molecule has 2 rings (SSSR count). The van der Waals surface area contributed by atoms with Crippen LogP contribution in [0.4, 0.5) is 0 Å². The highest BCUT2D eigenvalue weighted by atomic mass is 16.5. The average Bonchev–Trinajstić information content (AvgIpc) is 2.50. The Morgan fingerprint density at radius 3 is 2.57 bits per heavy atom. The van der Waals surface area contributed by atoms with E-state index in [0.29, 0.717) is 11.3 Å². The van der Waals surface area contributed by atoms with E-state index in [1.54, 1.807) is 0 Å². The Morgan fingerprint density at radius 1 is 1.10 bits per heavy atom. The number of nitrogens with zero attached hydrogens (tertiary/aromatic N) is 1. The zero-order valence-corrected chi connectivity index (χ0v) is 12.7.